The second-order valence-electron chi connectivity index (χ2n) is 5.77. The van der Waals surface area contributed by atoms with Crippen molar-refractivity contribution in [3.8, 4) is 11.5 Å². The molecule has 21 heavy (non-hydrogen) atoms. The second kappa shape index (κ2) is 5.59. The van der Waals surface area contributed by atoms with E-state index in [1.54, 1.807) is 0 Å². The zero-order valence-electron chi connectivity index (χ0n) is 12.4. The molecule has 0 spiro atoms. The zero-order chi connectivity index (χ0) is 14.7. The van der Waals surface area contributed by atoms with Gasteiger partial charge in [-0.15, -0.1) is 5.54 Å². The SMILES string of the molecule is C[Si](C)(C#Cc1cccc2ccccc12)c1ccccc1. The van der Waals surface area contributed by atoms with Gasteiger partial charge in [0.05, 0.1) is 0 Å². The third kappa shape index (κ3) is 2.91. The highest BCUT2D eigenvalue weighted by Crippen LogP contribution is 2.17. The van der Waals surface area contributed by atoms with Crippen LogP contribution in [0.25, 0.3) is 10.8 Å². The average molecular weight is 286 g/mol. The van der Waals surface area contributed by atoms with Crippen molar-refractivity contribution < 1.29 is 0 Å². The van der Waals surface area contributed by atoms with E-state index in [1.165, 1.54) is 16.0 Å². The Morgan fingerprint density at radius 1 is 0.714 bits per heavy atom. The highest BCUT2D eigenvalue weighted by atomic mass is 28.3. The van der Waals surface area contributed by atoms with Crippen molar-refractivity contribution in [2.75, 3.05) is 0 Å². The van der Waals surface area contributed by atoms with E-state index < -0.39 is 8.07 Å². The Kier molecular flexibility index (Phi) is 3.64. The minimum absolute atomic E-state index is 1.13. The number of fused-ring (bicyclic) bond motifs is 1. The Balaban J connectivity index is 2.04. The summed E-state index contributed by atoms with van der Waals surface area (Å²) in [4.78, 5) is 0. The molecule has 0 bridgehead atoms. The average Bonchev–Trinajstić information content (AvgIpc) is 2.54. The first kappa shape index (κ1) is 13.7. The molecule has 0 N–H and O–H groups in total. The lowest BCUT2D eigenvalue weighted by atomic mass is 10.1. The van der Waals surface area contributed by atoms with Crippen molar-refractivity contribution in [2.24, 2.45) is 0 Å². The van der Waals surface area contributed by atoms with Crippen molar-refractivity contribution in [1.29, 1.82) is 0 Å². The van der Waals surface area contributed by atoms with Gasteiger partial charge < -0.3 is 0 Å². The third-order valence-electron chi connectivity index (χ3n) is 3.79. The molecule has 0 unspecified atom stereocenters. The molecule has 3 rings (SSSR count). The van der Waals surface area contributed by atoms with Crippen molar-refractivity contribution in [2.45, 2.75) is 13.1 Å². The molecule has 0 amide bonds. The molecular weight excluding hydrogens is 268 g/mol. The van der Waals surface area contributed by atoms with Gasteiger partial charge in [-0.2, -0.15) is 0 Å². The van der Waals surface area contributed by atoms with Crippen LogP contribution >= 0.6 is 0 Å². The number of benzene rings is 3. The number of rotatable bonds is 1. The maximum Gasteiger partial charge on any atom is 0.163 e. The number of hydrogen-bond acceptors (Lipinski definition) is 0. The van der Waals surface area contributed by atoms with Crippen molar-refractivity contribution in [3.05, 3.63) is 78.4 Å². The predicted octanol–water partition coefficient (Wildman–Crippen LogP) is 4.35. The van der Waals surface area contributed by atoms with Gasteiger partial charge in [-0.1, -0.05) is 85.7 Å². The molecule has 102 valence electrons. The van der Waals surface area contributed by atoms with Crippen LogP contribution in [-0.4, -0.2) is 8.07 Å². The maximum atomic E-state index is 3.57. The Bertz CT molecular complexity index is 815. The van der Waals surface area contributed by atoms with E-state index >= 15 is 0 Å². The molecule has 1 heteroatoms. The summed E-state index contributed by atoms with van der Waals surface area (Å²) >= 11 is 0. The van der Waals surface area contributed by atoms with Crippen molar-refractivity contribution >= 4 is 24.0 Å². The van der Waals surface area contributed by atoms with E-state index in [2.05, 4.69) is 97.4 Å². The lowest BCUT2D eigenvalue weighted by Crippen LogP contribution is -2.39. The first-order chi connectivity index (χ1) is 10.2. The lowest BCUT2D eigenvalue weighted by molar-refractivity contribution is 1.70. The molecule has 0 atom stereocenters. The van der Waals surface area contributed by atoms with E-state index in [4.69, 9.17) is 0 Å². The molecule has 3 aromatic carbocycles. The molecule has 0 nitrogen and oxygen atoms in total. The van der Waals surface area contributed by atoms with Gasteiger partial charge in [-0.3, -0.25) is 0 Å². The monoisotopic (exact) mass is 286 g/mol. The van der Waals surface area contributed by atoms with Crippen LogP contribution in [0.4, 0.5) is 0 Å². The molecule has 0 fully saturated rings. The summed E-state index contributed by atoms with van der Waals surface area (Å²) in [5.74, 6) is 3.44. The summed E-state index contributed by atoms with van der Waals surface area (Å²) in [7, 11) is -1.71. The smallest absolute Gasteiger partial charge is 0.121 e. The molecule has 0 aliphatic carbocycles. The third-order valence-corrected chi connectivity index (χ3v) is 6.32. The highest BCUT2D eigenvalue weighted by molar-refractivity contribution is 6.96. The van der Waals surface area contributed by atoms with E-state index in [0.29, 0.717) is 0 Å². The van der Waals surface area contributed by atoms with Gasteiger partial charge in [0.25, 0.3) is 0 Å². The molecule has 0 saturated carbocycles. The summed E-state index contributed by atoms with van der Waals surface area (Å²) in [5.41, 5.74) is 4.70. The van der Waals surface area contributed by atoms with Gasteiger partial charge >= 0.3 is 0 Å². The van der Waals surface area contributed by atoms with Crippen LogP contribution in [0.5, 0.6) is 0 Å². The summed E-state index contributed by atoms with van der Waals surface area (Å²) in [6, 6.07) is 25.4. The summed E-state index contributed by atoms with van der Waals surface area (Å²) < 4.78 is 0. The number of hydrogen-bond donors (Lipinski definition) is 0. The first-order valence-electron chi connectivity index (χ1n) is 7.23. The Morgan fingerprint density at radius 3 is 2.19 bits per heavy atom. The maximum absolute atomic E-state index is 3.57. The second-order valence-corrected chi connectivity index (χ2v) is 9.85. The van der Waals surface area contributed by atoms with E-state index in [0.717, 1.165) is 5.56 Å². The van der Waals surface area contributed by atoms with Crippen LogP contribution in [0.3, 0.4) is 0 Å². The molecule has 0 radical (unpaired) electrons. The highest BCUT2D eigenvalue weighted by Gasteiger charge is 2.20. The van der Waals surface area contributed by atoms with Crippen molar-refractivity contribution in [1.82, 2.24) is 0 Å². The molecular formula is C20H18Si. The summed E-state index contributed by atoms with van der Waals surface area (Å²) in [6.45, 7) is 4.61. The standard InChI is InChI=1S/C20H18Si/c1-21(2,19-12-4-3-5-13-19)16-15-18-11-8-10-17-9-6-7-14-20(17)18/h3-14H,1-2H3. The minimum Gasteiger partial charge on any atom is -0.121 e. The van der Waals surface area contributed by atoms with Crippen LogP contribution in [0, 0.1) is 11.5 Å². The fraction of sp³-hybridized carbons (Fsp3) is 0.100. The Morgan fingerprint density at radius 2 is 1.38 bits per heavy atom. The fourth-order valence-corrected chi connectivity index (χ4v) is 4.10. The van der Waals surface area contributed by atoms with Crippen LogP contribution < -0.4 is 5.19 Å². The van der Waals surface area contributed by atoms with Gasteiger partial charge in [0.2, 0.25) is 0 Å². The van der Waals surface area contributed by atoms with Crippen molar-refractivity contribution in [3.63, 3.8) is 0 Å². The van der Waals surface area contributed by atoms with E-state index in [1.807, 2.05) is 0 Å². The van der Waals surface area contributed by atoms with Crippen LogP contribution in [0.15, 0.2) is 72.8 Å². The molecule has 3 aromatic rings. The van der Waals surface area contributed by atoms with Crippen LogP contribution in [0.1, 0.15) is 5.56 Å². The topological polar surface area (TPSA) is 0 Å². The minimum atomic E-state index is -1.71. The van der Waals surface area contributed by atoms with Crippen LogP contribution in [-0.2, 0) is 0 Å². The van der Waals surface area contributed by atoms with Gasteiger partial charge in [-0.25, -0.2) is 0 Å². The van der Waals surface area contributed by atoms with Gasteiger partial charge in [0, 0.05) is 5.56 Å². The fourth-order valence-electron chi connectivity index (χ4n) is 2.48. The normalized spacial score (nSPS) is 11.0. The zero-order valence-corrected chi connectivity index (χ0v) is 13.4. The van der Waals surface area contributed by atoms with E-state index in [9.17, 15) is 0 Å². The van der Waals surface area contributed by atoms with E-state index in [-0.39, 0.29) is 0 Å². The largest absolute Gasteiger partial charge is 0.163 e. The van der Waals surface area contributed by atoms with Crippen LogP contribution in [0.2, 0.25) is 13.1 Å². The Hall–Kier alpha value is -2.30. The molecule has 0 heterocycles. The molecule has 0 saturated heterocycles. The summed E-state index contributed by atoms with van der Waals surface area (Å²) in [6.07, 6.45) is 0. The van der Waals surface area contributed by atoms with Gasteiger partial charge in [0.15, 0.2) is 8.07 Å². The molecule has 0 aliphatic heterocycles. The summed E-state index contributed by atoms with van der Waals surface area (Å²) in [5, 5.41) is 3.88. The lowest BCUT2D eigenvalue weighted by Gasteiger charge is -2.14. The molecule has 0 aliphatic rings. The first-order valence-corrected chi connectivity index (χ1v) is 10.2. The van der Waals surface area contributed by atoms with Gasteiger partial charge in [0.1, 0.15) is 0 Å². The predicted molar refractivity (Wildman–Crippen MR) is 94.4 cm³/mol. The molecule has 0 aromatic heterocycles. The Labute approximate surface area is 127 Å². The quantitative estimate of drug-likeness (QED) is 0.461. The van der Waals surface area contributed by atoms with Gasteiger partial charge in [-0.05, 0) is 22.0 Å².